The number of ether oxygens (including phenoxy) is 1. The molecule has 2 aromatic heterocycles. The predicted octanol–water partition coefficient (Wildman–Crippen LogP) is 1.53. The van der Waals surface area contributed by atoms with Crippen molar-refractivity contribution in [1.82, 2.24) is 19.9 Å². The third-order valence-electron chi connectivity index (χ3n) is 6.10. The molecule has 158 valence electrons. The summed E-state index contributed by atoms with van der Waals surface area (Å²) in [6.07, 6.45) is 5.88. The Bertz CT molecular complexity index is 978. The Labute approximate surface area is 176 Å². The molecule has 8 heteroatoms. The molecule has 5 heterocycles. The van der Waals surface area contributed by atoms with Crippen molar-refractivity contribution >= 4 is 11.5 Å². The summed E-state index contributed by atoms with van der Waals surface area (Å²) in [6, 6.07) is 4.23. The Kier molecular flexibility index (Phi) is 5.59. The van der Waals surface area contributed by atoms with Crippen LogP contribution in [0.4, 0.5) is 5.82 Å². The maximum Gasteiger partial charge on any atom is 0.255 e. The molecule has 3 aliphatic heterocycles. The van der Waals surface area contributed by atoms with E-state index >= 15 is 0 Å². The Balaban J connectivity index is 1.26. The van der Waals surface area contributed by atoms with Gasteiger partial charge >= 0.3 is 0 Å². The summed E-state index contributed by atoms with van der Waals surface area (Å²) in [7, 11) is 0. The molecule has 0 aromatic carbocycles. The molecule has 30 heavy (non-hydrogen) atoms. The topological polar surface area (TPSA) is 86.7 Å². The fourth-order valence-corrected chi connectivity index (χ4v) is 4.39. The predicted molar refractivity (Wildman–Crippen MR) is 115 cm³/mol. The molecule has 1 fully saturated rings. The van der Waals surface area contributed by atoms with E-state index in [4.69, 9.17) is 9.72 Å². The number of aliphatic imine (C=N–C) groups is 1. The van der Waals surface area contributed by atoms with Crippen LogP contribution in [0.2, 0.25) is 0 Å². The molecule has 8 nitrogen and oxygen atoms in total. The average molecular weight is 409 g/mol. The van der Waals surface area contributed by atoms with Gasteiger partial charge in [0.15, 0.2) is 5.82 Å². The second kappa shape index (κ2) is 8.65. The minimum atomic E-state index is -0.0197. The number of H-pyrrole nitrogens is 1. The van der Waals surface area contributed by atoms with E-state index in [0.29, 0.717) is 12.4 Å². The van der Waals surface area contributed by atoms with Gasteiger partial charge in [-0.25, -0.2) is 9.97 Å². The van der Waals surface area contributed by atoms with Crippen LogP contribution >= 0.6 is 0 Å². The van der Waals surface area contributed by atoms with E-state index in [2.05, 4.69) is 36.9 Å². The Morgan fingerprint density at radius 3 is 2.77 bits per heavy atom. The van der Waals surface area contributed by atoms with Crippen LogP contribution < -0.4 is 10.5 Å². The number of anilines is 1. The number of aromatic amines is 1. The van der Waals surface area contributed by atoms with E-state index in [0.717, 1.165) is 100.0 Å². The normalized spacial score (nSPS) is 20.0. The summed E-state index contributed by atoms with van der Waals surface area (Å²) < 4.78 is 5.41. The monoisotopic (exact) mass is 408 g/mol. The number of nitrogens with zero attached hydrogens (tertiary/aromatic N) is 5. The highest BCUT2D eigenvalue weighted by atomic mass is 16.5. The zero-order chi connectivity index (χ0) is 20.3. The lowest BCUT2D eigenvalue weighted by Crippen LogP contribution is -2.37. The summed E-state index contributed by atoms with van der Waals surface area (Å²) in [5.41, 5.74) is 3.81. The van der Waals surface area contributed by atoms with Gasteiger partial charge in [0.1, 0.15) is 5.82 Å². The molecule has 0 amide bonds. The smallest absolute Gasteiger partial charge is 0.255 e. The number of pyridine rings is 1. The summed E-state index contributed by atoms with van der Waals surface area (Å²) in [5.74, 6) is 1.68. The third-order valence-corrected chi connectivity index (χ3v) is 6.10. The zero-order valence-electron chi connectivity index (χ0n) is 17.3. The van der Waals surface area contributed by atoms with Gasteiger partial charge in [-0.15, -0.1) is 0 Å². The van der Waals surface area contributed by atoms with Crippen molar-refractivity contribution in [3.05, 3.63) is 51.3 Å². The van der Waals surface area contributed by atoms with Crippen molar-refractivity contribution in [2.45, 2.75) is 38.8 Å². The molecular weight excluding hydrogens is 380 g/mol. The average Bonchev–Trinajstić information content (AvgIpc) is 2.81. The number of hydrogen-bond acceptors (Lipinski definition) is 7. The van der Waals surface area contributed by atoms with Crippen LogP contribution in [-0.2, 0) is 24.2 Å². The highest BCUT2D eigenvalue weighted by Gasteiger charge is 2.23. The quantitative estimate of drug-likeness (QED) is 0.826. The molecule has 3 aliphatic rings. The Morgan fingerprint density at radius 2 is 2.00 bits per heavy atom. The molecule has 0 spiro atoms. The summed E-state index contributed by atoms with van der Waals surface area (Å²) >= 11 is 0. The van der Waals surface area contributed by atoms with Gasteiger partial charge in [0.25, 0.3) is 5.56 Å². The number of rotatable bonds is 4. The van der Waals surface area contributed by atoms with Crippen LogP contribution in [0.5, 0.6) is 0 Å². The van der Waals surface area contributed by atoms with E-state index in [-0.39, 0.29) is 5.56 Å². The minimum absolute atomic E-state index is 0.0197. The van der Waals surface area contributed by atoms with Gasteiger partial charge < -0.3 is 14.6 Å². The van der Waals surface area contributed by atoms with Gasteiger partial charge in [-0.05, 0) is 30.9 Å². The minimum Gasteiger partial charge on any atom is -0.378 e. The summed E-state index contributed by atoms with van der Waals surface area (Å²) in [6.45, 7) is 6.42. The first-order chi connectivity index (χ1) is 14.8. The van der Waals surface area contributed by atoms with Crippen LogP contribution in [0.25, 0.3) is 0 Å². The molecule has 0 aliphatic carbocycles. The first kappa shape index (κ1) is 19.4. The fourth-order valence-electron chi connectivity index (χ4n) is 4.39. The van der Waals surface area contributed by atoms with Gasteiger partial charge in [-0.1, -0.05) is 6.07 Å². The van der Waals surface area contributed by atoms with Gasteiger partial charge in [-0.2, -0.15) is 0 Å². The molecule has 5 rings (SSSR count). The van der Waals surface area contributed by atoms with Gasteiger partial charge in [0.2, 0.25) is 0 Å². The molecule has 2 aromatic rings. The van der Waals surface area contributed by atoms with E-state index in [1.165, 1.54) is 0 Å². The van der Waals surface area contributed by atoms with Gasteiger partial charge in [0.05, 0.1) is 30.2 Å². The standard InChI is InChI=1S/C22H28N6O2/c29-22-17-15-27(8-6-18(17)25-21(26-22)19-3-1-2-7-23-19)14-16-4-5-20(24-13-16)28-9-11-30-12-10-28/h4-5,13H,1-3,6-12,14-15H2,(H,25,26,29). The van der Waals surface area contributed by atoms with Gasteiger partial charge in [0, 0.05) is 51.9 Å². The zero-order valence-corrected chi connectivity index (χ0v) is 17.3. The van der Waals surface area contributed by atoms with Crippen LogP contribution in [0.3, 0.4) is 0 Å². The van der Waals surface area contributed by atoms with E-state index in [9.17, 15) is 4.79 Å². The number of morpholine rings is 1. The molecule has 0 radical (unpaired) electrons. The molecule has 0 unspecified atom stereocenters. The second-order valence-electron chi connectivity index (χ2n) is 8.21. The Hall–Kier alpha value is -2.58. The fraction of sp³-hybridized carbons (Fsp3) is 0.545. The highest BCUT2D eigenvalue weighted by molar-refractivity contribution is 5.97. The van der Waals surface area contributed by atoms with Crippen LogP contribution in [-0.4, -0.2) is 65.0 Å². The Morgan fingerprint density at radius 1 is 1.10 bits per heavy atom. The lowest BCUT2D eigenvalue weighted by Gasteiger charge is -2.29. The van der Waals surface area contributed by atoms with E-state index in [1.807, 2.05) is 6.20 Å². The largest absolute Gasteiger partial charge is 0.378 e. The van der Waals surface area contributed by atoms with Crippen molar-refractivity contribution < 1.29 is 4.74 Å². The van der Waals surface area contributed by atoms with Crippen LogP contribution in [0.1, 0.15) is 41.9 Å². The van der Waals surface area contributed by atoms with Crippen molar-refractivity contribution in [3.8, 4) is 0 Å². The SMILES string of the molecule is O=c1[nH]c(C2=NCCCC2)nc2c1CN(Cc1ccc(N3CCOCC3)nc1)CC2. The number of nitrogens with one attached hydrogen (secondary N) is 1. The van der Waals surface area contributed by atoms with Crippen LogP contribution in [0.15, 0.2) is 28.1 Å². The van der Waals surface area contributed by atoms with E-state index in [1.54, 1.807) is 0 Å². The second-order valence-corrected chi connectivity index (χ2v) is 8.21. The first-order valence-electron chi connectivity index (χ1n) is 10.9. The lowest BCUT2D eigenvalue weighted by atomic mass is 10.0. The molecule has 1 N–H and O–H groups in total. The number of fused-ring (bicyclic) bond motifs is 1. The van der Waals surface area contributed by atoms with Crippen molar-refractivity contribution in [1.29, 1.82) is 0 Å². The third kappa shape index (κ3) is 4.15. The van der Waals surface area contributed by atoms with Crippen molar-refractivity contribution in [3.63, 3.8) is 0 Å². The summed E-state index contributed by atoms with van der Waals surface area (Å²) in [5, 5.41) is 0. The summed E-state index contributed by atoms with van der Waals surface area (Å²) in [4.78, 5) is 34.2. The number of hydrogen-bond donors (Lipinski definition) is 1. The first-order valence-corrected chi connectivity index (χ1v) is 10.9. The number of aromatic nitrogens is 3. The molecule has 0 saturated carbocycles. The van der Waals surface area contributed by atoms with E-state index < -0.39 is 0 Å². The van der Waals surface area contributed by atoms with Crippen molar-refractivity contribution in [2.24, 2.45) is 4.99 Å². The highest BCUT2D eigenvalue weighted by Crippen LogP contribution is 2.19. The van der Waals surface area contributed by atoms with Crippen molar-refractivity contribution in [2.75, 3.05) is 44.3 Å². The van der Waals surface area contributed by atoms with Gasteiger partial charge in [-0.3, -0.25) is 14.7 Å². The maximum absolute atomic E-state index is 12.7. The lowest BCUT2D eigenvalue weighted by molar-refractivity contribution is 0.122. The van der Waals surface area contributed by atoms with Crippen LogP contribution in [0, 0.1) is 0 Å². The molecule has 1 saturated heterocycles. The molecule has 0 bridgehead atoms. The maximum atomic E-state index is 12.7. The molecular formula is C22H28N6O2. The molecule has 0 atom stereocenters.